The third kappa shape index (κ3) is 6.92. The highest BCUT2D eigenvalue weighted by atomic mass is 16.5. The number of esters is 2. The number of ether oxygens (including phenoxy) is 2. The number of aliphatic carboxylic acids is 1. The topological polar surface area (TPSA) is 119 Å². The summed E-state index contributed by atoms with van der Waals surface area (Å²) in [4.78, 5) is 47.6. The van der Waals surface area contributed by atoms with Gasteiger partial charge in [0.1, 0.15) is 6.04 Å². The van der Waals surface area contributed by atoms with Gasteiger partial charge in [-0.3, -0.25) is 14.4 Å². The molecular formula is C18H23NO7. The molecule has 0 aliphatic heterocycles. The van der Waals surface area contributed by atoms with Crippen LogP contribution < -0.4 is 5.32 Å². The molecule has 0 unspecified atom stereocenters. The first-order valence-electron chi connectivity index (χ1n) is 8.27. The predicted octanol–water partition coefficient (Wildman–Crippen LogP) is 0.931. The summed E-state index contributed by atoms with van der Waals surface area (Å²) >= 11 is 0. The lowest BCUT2D eigenvalue weighted by atomic mass is 9.95. The third-order valence-electron chi connectivity index (χ3n) is 3.47. The molecule has 8 heteroatoms. The van der Waals surface area contributed by atoms with Crippen molar-refractivity contribution in [2.45, 2.75) is 32.7 Å². The zero-order valence-electron chi connectivity index (χ0n) is 14.8. The Hall–Kier alpha value is -2.90. The molecule has 0 aliphatic rings. The third-order valence-corrected chi connectivity index (χ3v) is 3.47. The van der Waals surface area contributed by atoms with Gasteiger partial charge in [0, 0.05) is 0 Å². The van der Waals surface area contributed by atoms with Crippen molar-refractivity contribution in [3.05, 3.63) is 35.9 Å². The van der Waals surface area contributed by atoms with Gasteiger partial charge in [-0.25, -0.2) is 4.79 Å². The Morgan fingerprint density at radius 1 is 1.04 bits per heavy atom. The smallest absolute Gasteiger partial charge is 0.327 e. The molecule has 0 aliphatic carbocycles. The van der Waals surface area contributed by atoms with Crippen LogP contribution in [0, 0.1) is 5.92 Å². The number of carbonyl (C=O) groups is 4. The summed E-state index contributed by atoms with van der Waals surface area (Å²) in [5, 5.41) is 11.7. The van der Waals surface area contributed by atoms with Gasteiger partial charge in [-0.1, -0.05) is 30.3 Å². The molecule has 0 radical (unpaired) electrons. The molecule has 0 bridgehead atoms. The maximum Gasteiger partial charge on any atom is 0.327 e. The molecule has 142 valence electrons. The number of carboxylic acids is 1. The van der Waals surface area contributed by atoms with Crippen LogP contribution in [-0.2, 0) is 35.1 Å². The molecule has 0 saturated heterocycles. The first-order chi connectivity index (χ1) is 12.4. The first kappa shape index (κ1) is 21.1. The van der Waals surface area contributed by atoms with Gasteiger partial charge in [0.2, 0.25) is 5.91 Å². The van der Waals surface area contributed by atoms with E-state index in [4.69, 9.17) is 9.47 Å². The highest BCUT2D eigenvalue weighted by molar-refractivity contribution is 5.91. The van der Waals surface area contributed by atoms with Crippen LogP contribution in [0.25, 0.3) is 0 Å². The number of hydrogen-bond acceptors (Lipinski definition) is 6. The van der Waals surface area contributed by atoms with Gasteiger partial charge in [-0.15, -0.1) is 0 Å². The first-order valence-corrected chi connectivity index (χ1v) is 8.27. The minimum Gasteiger partial charge on any atom is -0.480 e. The van der Waals surface area contributed by atoms with Crippen LogP contribution in [0.3, 0.4) is 0 Å². The molecule has 0 heterocycles. The standard InChI is InChI=1S/C18H23NO7/c1-3-25-15(21)11-13(18(24)26-4-2)16(17(22)23)19-14(20)10-12-8-6-5-7-9-12/h5-9,13,16H,3-4,10-11H2,1-2H3,(H,19,20)(H,22,23)/t13-,16+/m1/s1. The lowest BCUT2D eigenvalue weighted by molar-refractivity contribution is -0.160. The largest absolute Gasteiger partial charge is 0.480 e. The lowest BCUT2D eigenvalue weighted by Gasteiger charge is -2.22. The number of benzene rings is 1. The van der Waals surface area contributed by atoms with Crippen molar-refractivity contribution in [3.63, 3.8) is 0 Å². The zero-order chi connectivity index (χ0) is 19.5. The Balaban J connectivity index is 2.91. The van der Waals surface area contributed by atoms with Gasteiger partial charge in [-0.05, 0) is 19.4 Å². The minimum atomic E-state index is -1.60. The number of carboxylic acid groups (broad SMARTS) is 1. The molecule has 2 N–H and O–H groups in total. The average molecular weight is 365 g/mol. The number of amides is 1. The van der Waals surface area contributed by atoms with E-state index in [1.165, 1.54) is 0 Å². The van der Waals surface area contributed by atoms with Crippen molar-refractivity contribution in [2.75, 3.05) is 13.2 Å². The molecule has 8 nitrogen and oxygen atoms in total. The van der Waals surface area contributed by atoms with Crippen LogP contribution in [0.15, 0.2) is 30.3 Å². The summed E-state index contributed by atoms with van der Waals surface area (Å²) in [6, 6.07) is 7.12. The molecule has 0 fully saturated rings. The number of rotatable bonds is 10. The van der Waals surface area contributed by atoms with Gasteiger partial charge < -0.3 is 19.9 Å². The van der Waals surface area contributed by atoms with E-state index in [9.17, 15) is 24.3 Å². The van der Waals surface area contributed by atoms with E-state index >= 15 is 0 Å². The molecule has 1 aromatic carbocycles. The van der Waals surface area contributed by atoms with Crippen LogP contribution in [0.4, 0.5) is 0 Å². The van der Waals surface area contributed by atoms with Gasteiger partial charge in [0.25, 0.3) is 0 Å². The minimum absolute atomic E-state index is 0.0163. The van der Waals surface area contributed by atoms with Crippen LogP contribution in [0.2, 0.25) is 0 Å². The summed E-state index contributed by atoms with van der Waals surface area (Å²) < 4.78 is 9.63. The quantitative estimate of drug-likeness (QED) is 0.592. The summed E-state index contributed by atoms with van der Waals surface area (Å²) in [7, 11) is 0. The molecule has 0 spiro atoms. The molecule has 0 saturated carbocycles. The van der Waals surface area contributed by atoms with Crippen LogP contribution >= 0.6 is 0 Å². The van der Waals surface area contributed by atoms with Crippen molar-refractivity contribution in [3.8, 4) is 0 Å². The van der Waals surface area contributed by atoms with Gasteiger partial charge in [0.15, 0.2) is 0 Å². The molecular weight excluding hydrogens is 342 g/mol. The highest BCUT2D eigenvalue weighted by Crippen LogP contribution is 2.14. The number of hydrogen-bond donors (Lipinski definition) is 2. The van der Waals surface area contributed by atoms with Gasteiger partial charge >= 0.3 is 17.9 Å². The second-order valence-corrected chi connectivity index (χ2v) is 5.41. The van der Waals surface area contributed by atoms with Crippen LogP contribution in [0.1, 0.15) is 25.8 Å². The zero-order valence-corrected chi connectivity index (χ0v) is 14.8. The Morgan fingerprint density at radius 2 is 1.65 bits per heavy atom. The number of carbonyl (C=O) groups excluding carboxylic acids is 3. The maximum atomic E-state index is 12.2. The molecule has 2 atom stereocenters. The molecule has 1 aromatic rings. The fourth-order valence-corrected chi connectivity index (χ4v) is 2.33. The summed E-state index contributed by atoms with van der Waals surface area (Å²) in [5.41, 5.74) is 0.687. The second kappa shape index (κ2) is 10.9. The van der Waals surface area contributed by atoms with Crippen LogP contribution in [-0.4, -0.2) is 48.2 Å². The van der Waals surface area contributed by atoms with Crippen molar-refractivity contribution in [1.29, 1.82) is 0 Å². The fourth-order valence-electron chi connectivity index (χ4n) is 2.33. The monoisotopic (exact) mass is 365 g/mol. The average Bonchev–Trinajstić information content (AvgIpc) is 2.59. The van der Waals surface area contributed by atoms with E-state index in [0.29, 0.717) is 5.56 Å². The van der Waals surface area contributed by atoms with E-state index < -0.39 is 42.2 Å². The SMILES string of the molecule is CCOC(=O)C[C@@H](C(=O)OCC)[C@H](NC(=O)Cc1ccccc1)C(=O)O. The van der Waals surface area contributed by atoms with Crippen molar-refractivity contribution < 1.29 is 33.8 Å². The molecule has 0 aromatic heterocycles. The van der Waals surface area contributed by atoms with Gasteiger partial charge in [-0.2, -0.15) is 0 Å². The fraction of sp³-hybridized carbons (Fsp3) is 0.444. The van der Waals surface area contributed by atoms with Crippen LogP contribution in [0.5, 0.6) is 0 Å². The van der Waals surface area contributed by atoms with Gasteiger partial charge in [0.05, 0.1) is 32.0 Å². The van der Waals surface area contributed by atoms with E-state index in [1.807, 2.05) is 0 Å². The second-order valence-electron chi connectivity index (χ2n) is 5.41. The van der Waals surface area contributed by atoms with Crippen molar-refractivity contribution >= 4 is 23.8 Å². The van der Waals surface area contributed by atoms with E-state index in [2.05, 4.69) is 5.32 Å². The molecule has 1 rings (SSSR count). The maximum absolute atomic E-state index is 12.2. The van der Waals surface area contributed by atoms with Crippen molar-refractivity contribution in [1.82, 2.24) is 5.32 Å². The molecule has 26 heavy (non-hydrogen) atoms. The summed E-state index contributed by atoms with van der Waals surface area (Å²) in [6.45, 7) is 3.26. The van der Waals surface area contributed by atoms with E-state index in [0.717, 1.165) is 0 Å². The van der Waals surface area contributed by atoms with Crippen molar-refractivity contribution in [2.24, 2.45) is 5.92 Å². The number of nitrogens with one attached hydrogen (secondary N) is 1. The van der Waals surface area contributed by atoms with E-state index in [-0.39, 0.29) is 19.6 Å². The predicted molar refractivity (Wildman–Crippen MR) is 91.1 cm³/mol. The Labute approximate surface area is 151 Å². The Kier molecular flexibility index (Phi) is 8.83. The highest BCUT2D eigenvalue weighted by Gasteiger charge is 2.38. The Morgan fingerprint density at radius 3 is 2.19 bits per heavy atom. The molecule has 1 amide bonds. The Bertz CT molecular complexity index is 630. The van der Waals surface area contributed by atoms with E-state index in [1.54, 1.807) is 44.2 Å². The normalized spacial score (nSPS) is 12.5. The lowest BCUT2D eigenvalue weighted by Crippen LogP contribution is -2.50. The summed E-state index contributed by atoms with van der Waals surface area (Å²) in [5.74, 6) is -5.02. The summed E-state index contributed by atoms with van der Waals surface area (Å²) in [6.07, 6.45) is -0.561.